The summed E-state index contributed by atoms with van der Waals surface area (Å²) in [6, 6.07) is 0.675. The first-order chi connectivity index (χ1) is 15.4. The van der Waals surface area contributed by atoms with Gasteiger partial charge in [0.1, 0.15) is 6.23 Å². The molecule has 0 aromatic heterocycles. The highest BCUT2D eigenvalue weighted by Gasteiger charge is 2.72. The fraction of sp³-hybridized carbons (Fsp3) is 1.00. The summed E-state index contributed by atoms with van der Waals surface area (Å²) in [4.78, 5) is 2.69. The quantitative estimate of drug-likeness (QED) is 0.355. The summed E-state index contributed by atoms with van der Waals surface area (Å²) in [6.45, 7) is 2.45. The van der Waals surface area contributed by atoms with Crippen LogP contribution in [0.4, 0.5) is 0 Å². The molecule has 0 radical (unpaired) electrons. The van der Waals surface area contributed by atoms with E-state index in [1.54, 1.807) is 0 Å². The minimum atomic E-state index is -2.16. The van der Waals surface area contributed by atoms with Crippen LogP contribution in [0.2, 0.25) is 0 Å². The summed E-state index contributed by atoms with van der Waals surface area (Å²) < 4.78 is 16.1. The normalized spacial score (nSPS) is 41.5. The minimum absolute atomic E-state index is 0.362. The first-order valence-corrected chi connectivity index (χ1v) is 16.0. The number of rotatable bonds is 3. The SMILES string of the molecule is CO[Si]1(OC2C3CCCCCCCCCCCN32)C2CCCCCCCCCCCN21. The molecule has 180 valence electrons. The van der Waals surface area contributed by atoms with Crippen molar-refractivity contribution >= 4 is 8.72 Å². The molecule has 4 rings (SSSR count). The highest BCUT2D eigenvalue weighted by Crippen LogP contribution is 2.47. The second kappa shape index (κ2) is 12.5. The first kappa shape index (κ1) is 24.2. The number of fused-ring (bicyclic) bond motifs is 2. The Labute approximate surface area is 193 Å². The second-order valence-electron chi connectivity index (χ2n) is 10.8. The molecule has 0 saturated carbocycles. The van der Waals surface area contributed by atoms with E-state index >= 15 is 0 Å². The van der Waals surface area contributed by atoms with E-state index in [1.807, 2.05) is 7.11 Å². The van der Waals surface area contributed by atoms with Crippen LogP contribution in [0.15, 0.2) is 0 Å². The van der Waals surface area contributed by atoms with Gasteiger partial charge < -0.3 is 8.85 Å². The maximum absolute atomic E-state index is 7.03. The predicted octanol–water partition coefficient (Wildman–Crippen LogP) is 6.65. The smallest absolute Gasteiger partial charge is 0.385 e. The molecule has 6 atom stereocenters. The number of hydrogen-bond donors (Lipinski definition) is 0. The van der Waals surface area contributed by atoms with Crippen LogP contribution in [0.25, 0.3) is 0 Å². The van der Waals surface area contributed by atoms with Gasteiger partial charge in [-0.3, -0.25) is 9.47 Å². The summed E-state index contributed by atoms with van der Waals surface area (Å²) in [6.07, 6.45) is 28.4. The van der Waals surface area contributed by atoms with Crippen molar-refractivity contribution in [3.05, 3.63) is 0 Å². The van der Waals surface area contributed by atoms with Crippen molar-refractivity contribution in [2.45, 2.75) is 146 Å². The van der Waals surface area contributed by atoms with Crippen LogP contribution in [-0.4, -0.2) is 56.3 Å². The van der Waals surface area contributed by atoms with Gasteiger partial charge in [-0.05, 0) is 32.2 Å². The highest BCUT2D eigenvalue weighted by atomic mass is 28.4. The van der Waals surface area contributed by atoms with Crippen molar-refractivity contribution in [2.24, 2.45) is 0 Å². The van der Waals surface area contributed by atoms with Crippen LogP contribution in [0.1, 0.15) is 128 Å². The van der Waals surface area contributed by atoms with Gasteiger partial charge in [0, 0.05) is 13.7 Å². The zero-order valence-electron chi connectivity index (χ0n) is 20.5. The molecule has 4 fully saturated rings. The van der Waals surface area contributed by atoms with Gasteiger partial charge in [-0.25, -0.2) is 0 Å². The van der Waals surface area contributed by atoms with Gasteiger partial charge in [0.15, 0.2) is 0 Å². The molecule has 0 bridgehead atoms. The number of hydrogen-bond acceptors (Lipinski definition) is 4. The van der Waals surface area contributed by atoms with Crippen molar-refractivity contribution in [1.82, 2.24) is 9.47 Å². The standard InChI is InChI=1S/C26H50N2O2Si/c1-29-31(25-21-17-13-9-5-3-7-11-15-19-23-28(25)31)30-26-24-20-16-12-8-4-2-6-10-14-18-22-27(24)26/h24-26H,2-23H2,1H3. The summed E-state index contributed by atoms with van der Waals surface area (Å²) in [5.41, 5.74) is 0.618. The zero-order chi connectivity index (χ0) is 21.4. The maximum atomic E-state index is 7.03. The van der Waals surface area contributed by atoms with Gasteiger partial charge in [0.25, 0.3) is 0 Å². The fourth-order valence-electron chi connectivity index (χ4n) is 6.42. The van der Waals surface area contributed by atoms with Gasteiger partial charge >= 0.3 is 8.72 Å². The largest absolute Gasteiger partial charge is 0.446 e. The minimum Gasteiger partial charge on any atom is -0.385 e. The molecule has 0 N–H and O–H groups in total. The molecule has 31 heavy (non-hydrogen) atoms. The Morgan fingerprint density at radius 3 is 1.65 bits per heavy atom. The van der Waals surface area contributed by atoms with Gasteiger partial charge in [-0.2, -0.15) is 0 Å². The lowest BCUT2D eigenvalue weighted by molar-refractivity contribution is 0.157. The maximum Gasteiger partial charge on any atom is 0.446 e. The van der Waals surface area contributed by atoms with E-state index in [-0.39, 0.29) is 0 Å². The second-order valence-corrected chi connectivity index (χ2v) is 13.9. The van der Waals surface area contributed by atoms with Gasteiger partial charge in [0.05, 0.1) is 11.7 Å². The molecule has 4 aliphatic heterocycles. The average Bonchev–Trinajstić information content (AvgIpc) is 3.62. The van der Waals surface area contributed by atoms with Crippen LogP contribution < -0.4 is 0 Å². The number of nitrogens with zero attached hydrogens (tertiary/aromatic N) is 2. The van der Waals surface area contributed by atoms with Crippen LogP contribution in [0.5, 0.6) is 0 Å². The Bertz CT molecular complexity index is 484. The van der Waals surface area contributed by atoms with E-state index in [0.29, 0.717) is 17.9 Å². The Kier molecular flexibility index (Phi) is 9.75. The van der Waals surface area contributed by atoms with Crippen LogP contribution in [-0.2, 0) is 8.85 Å². The monoisotopic (exact) mass is 450 g/mol. The predicted molar refractivity (Wildman–Crippen MR) is 131 cm³/mol. The fourth-order valence-corrected chi connectivity index (χ4v) is 10.3. The van der Waals surface area contributed by atoms with Gasteiger partial charge in [0.2, 0.25) is 0 Å². The van der Waals surface area contributed by atoms with E-state index < -0.39 is 8.72 Å². The van der Waals surface area contributed by atoms with Crippen molar-refractivity contribution in [3.8, 4) is 0 Å². The lowest BCUT2D eigenvalue weighted by atomic mass is 10.1. The third-order valence-electron chi connectivity index (χ3n) is 8.50. The summed E-state index contributed by atoms with van der Waals surface area (Å²) >= 11 is 0. The molecule has 5 heteroatoms. The van der Waals surface area contributed by atoms with Crippen molar-refractivity contribution in [1.29, 1.82) is 0 Å². The molecule has 0 aromatic carbocycles. The van der Waals surface area contributed by atoms with E-state index in [1.165, 1.54) is 142 Å². The summed E-state index contributed by atoms with van der Waals surface area (Å²) in [5.74, 6) is 0. The van der Waals surface area contributed by atoms with Crippen LogP contribution >= 0.6 is 0 Å². The lowest BCUT2D eigenvalue weighted by Crippen LogP contribution is -2.36. The third-order valence-corrected chi connectivity index (χ3v) is 12.2. The topological polar surface area (TPSA) is 24.5 Å². The Hall–Kier alpha value is 0.0569. The average molecular weight is 451 g/mol. The molecule has 0 aliphatic carbocycles. The van der Waals surface area contributed by atoms with Crippen LogP contribution in [0.3, 0.4) is 0 Å². The molecule has 0 spiro atoms. The Morgan fingerprint density at radius 2 is 1.06 bits per heavy atom. The Balaban J connectivity index is 1.33. The van der Waals surface area contributed by atoms with E-state index in [9.17, 15) is 0 Å². The highest BCUT2D eigenvalue weighted by molar-refractivity contribution is 6.76. The van der Waals surface area contributed by atoms with E-state index in [0.717, 1.165) is 0 Å². The van der Waals surface area contributed by atoms with Crippen LogP contribution in [0, 0.1) is 0 Å². The van der Waals surface area contributed by atoms with Crippen molar-refractivity contribution < 1.29 is 8.85 Å². The first-order valence-electron chi connectivity index (χ1n) is 14.1. The third kappa shape index (κ3) is 6.56. The van der Waals surface area contributed by atoms with Gasteiger partial charge in [-0.15, -0.1) is 0 Å². The molecule has 4 saturated heterocycles. The van der Waals surface area contributed by atoms with Crippen molar-refractivity contribution in [3.63, 3.8) is 0 Å². The van der Waals surface area contributed by atoms with Crippen molar-refractivity contribution in [2.75, 3.05) is 20.2 Å². The molecule has 4 aliphatic rings. The summed E-state index contributed by atoms with van der Waals surface area (Å²) in [5, 5.41) is 0. The molecule has 0 amide bonds. The molecule has 4 heterocycles. The molecular weight excluding hydrogens is 400 g/mol. The lowest BCUT2D eigenvalue weighted by Gasteiger charge is -2.15. The molecule has 6 unspecified atom stereocenters. The summed E-state index contributed by atoms with van der Waals surface area (Å²) in [7, 11) is -0.207. The molecular formula is C26H50N2O2Si. The molecule has 4 nitrogen and oxygen atoms in total. The van der Waals surface area contributed by atoms with E-state index in [4.69, 9.17) is 8.85 Å². The Morgan fingerprint density at radius 1 is 0.581 bits per heavy atom. The van der Waals surface area contributed by atoms with Gasteiger partial charge in [-0.1, -0.05) is 103 Å². The molecule has 0 aromatic rings. The van der Waals surface area contributed by atoms with E-state index in [2.05, 4.69) is 9.47 Å². The zero-order valence-corrected chi connectivity index (χ0v) is 21.5.